The summed E-state index contributed by atoms with van der Waals surface area (Å²) in [5.41, 5.74) is 1.77. The molecule has 0 saturated carbocycles. The van der Waals surface area contributed by atoms with Crippen LogP contribution in [0.15, 0.2) is 36.0 Å². The highest BCUT2D eigenvalue weighted by Gasteiger charge is 2.14. The smallest absolute Gasteiger partial charge is 0.261 e. The lowest BCUT2D eigenvalue weighted by molar-refractivity contribution is 0.102. The number of anilines is 1. The van der Waals surface area contributed by atoms with Gasteiger partial charge in [-0.1, -0.05) is 6.07 Å². The van der Waals surface area contributed by atoms with Crippen LogP contribution in [0.4, 0.5) is 5.13 Å². The van der Waals surface area contributed by atoms with Gasteiger partial charge in [0.15, 0.2) is 5.13 Å². The highest BCUT2D eigenvalue weighted by molar-refractivity contribution is 7.14. The molecule has 0 aliphatic heterocycles. The molecule has 0 radical (unpaired) electrons. The van der Waals surface area contributed by atoms with Crippen LogP contribution in [0, 0.1) is 0 Å². The number of carbonyl (C=O) groups is 1. The Labute approximate surface area is 118 Å². The van der Waals surface area contributed by atoms with E-state index in [1.807, 2.05) is 18.2 Å². The van der Waals surface area contributed by atoms with E-state index in [1.54, 1.807) is 23.0 Å². The van der Waals surface area contributed by atoms with Gasteiger partial charge in [-0.25, -0.2) is 9.50 Å². The Morgan fingerprint density at radius 1 is 1.50 bits per heavy atom. The van der Waals surface area contributed by atoms with Crippen LogP contribution < -0.4 is 5.32 Å². The van der Waals surface area contributed by atoms with Crippen molar-refractivity contribution >= 4 is 27.9 Å². The van der Waals surface area contributed by atoms with Gasteiger partial charge in [0, 0.05) is 11.6 Å². The van der Waals surface area contributed by atoms with Crippen LogP contribution in [-0.4, -0.2) is 25.6 Å². The second kappa shape index (κ2) is 5.03. The van der Waals surface area contributed by atoms with Gasteiger partial charge in [0.1, 0.15) is 0 Å². The van der Waals surface area contributed by atoms with Crippen molar-refractivity contribution in [3.8, 4) is 0 Å². The van der Waals surface area contributed by atoms with Gasteiger partial charge >= 0.3 is 0 Å². The minimum Gasteiger partial charge on any atom is -0.387 e. The van der Waals surface area contributed by atoms with Crippen molar-refractivity contribution < 1.29 is 9.90 Å². The van der Waals surface area contributed by atoms with Gasteiger partial charge in [0.2, 0.25) is 0 Å². The van der Waals surface area contributed by atoms with Gasteiger partial charge in [-0.05, 0) is 19.1 Å². The van der Waals surface area contributed by atoms with Crippen LogP contribution in [0.1, 0.15) is 29.1 Å². The molecular weight excluding hydrogens is 276 g/mol. The van der Waals surface area contributed by atoms with Crippen LogP contribution in [0.5, 0.6) is 0 Å². The summed E-state index contributed by atoms with van der Waals surface area (Å²) in [6, 6.07) is 5.52. The number of rotatable bonds is 3. The van der Waals surface area contributed by atoms with E-state index in [4.69, 9.17) is 0 Å². The molecule has 7 heteroatoms. The molecule has 20 heavy (non-hydrogen) atoms. The molecule has 0 saturated heterocycles. The Morgan fingerprint density at radius 2 is 2.35 bits per heavy atom. The lowest BCUT2D eigenvalue weighted by Gasteiger charge is -2.00. The first kappa shape index (κ1) is 12.8. The summed E-state index contributed by atoms with van der Waals surface area (Å²) in [4.78, 5) is 16.4. The summed E-state index contributed by atoms with van der Waals surface area (Å²) in [5, 5.41) is 18.4. The quantitative estimate of drug-likeness (QED) is 0.773. The second-order valence-electron chi connectivity index (χ2n) is 4.30. The van der Waals surface area contributed by atoms with Gasteiger partial charge in [0.25, 0.3) is 5.91 Å². The number of aliphatic hydroxyl groups is 1. The maximum Gasteiger partial charge on any atom is 0.261 e. The molecule has 0 aromatic carbocycles. The van der Waals surface area contributed by atoms with Crippen LogP contribution in [-0.2, 0) is 0 Å². The fourth-order valence-corrected chi connectivity index (χ4v) is 2.60. The first-order chi connectivity index (χ1) is 9.65. The van der Waals surface area contributed by atoms with Crippen molar-refractivity contribution in [2.24, 2.45) is 0 Å². The van der Waals surface area contributed by atoms with E-state index in [1.165, 1.54) is 17.5 Å². The predicted molar refractivity (Wildman–Crippen MR) is 75.9 cm³/mol. The molecule has 0 spiro atoms. The molecule has 0 aliphatic carbocycles. The third-order valence-electron chi connectivity index (χ3n) is 2.84. The Morgan fingerprint density at radius 3 is 3.10 bits per heavy atom. The Bertz CT molecular complexity index is 762. The zero-order chi connectivity index (χ0) is 14.1. The zero-order valence-corrected chi connectivity index (χ0v) is 11.5. The molecule has 2 N–H and O–H groups in total. The van der Waals surface area contributed by atoms with Crippen LogP contribution in [0.25, 0.3) is 5.52 Å². The molecule has 3 aromatic rings. The lowest BCUT2D eigenvalue weighted by atomic mass is 10.2. The molecule has 1 amide bonds. The number of carbonyl (C=O) groups excluding carboxylic acids is 1. The van der Waals surface area contributed by atoms with E-state index in [9.17, 15) is 9.90 Å². The average Bonchev–Trinajstić information content (AvgIpc) is 3.04. The number of thiazole rings is 1. The molecule has 3 rings (SSSR count). The summed E-state index contributed by atoms with van der Waals surface area (Å²) in [5.74, 6) is -0.266. The Balaban J connectivity index is 1.85. The monoisotopic (exact) mass is 288 g/mol. The van der Waals surface area contributed by atoms with Crippen LogP contribution in [0.2, 0.25) is 0 Å². The molecule has 3 heterocycles. The Kier molecular flexibility index (Phi) is 3.21. The van der Waals surface area contributed by atoms with E-state index >= 15 is 0 Å². The highest BCUT2D eigenvalue weighted by Crippen LogP contribution is 2.21. The van der Waals surface area contributed by atoms with E-state index in [0.29, 0.717) is 16.4 Å². The molecule has 1 atom stereocenters. The maximum absolute atomic E-state index is 12.2. The van der Waals surface area contributed by atoms with Crippen molar-refractivity contribution in [2.75, 3.05) is 5.32 Å². The predicted octanol–water partition coefficient (Wildman–Crippen LogP) is 2.10. The summed E-state index contributed by atoms with van der Waals surface area (Å²) < 4.78 is 1.64. The van der Waals surface area contributed by atoms with Gasteiger partial charge in [-0.15, -0.1) is 11.3 Å². The number of aromatic nitrogens is 3. The third-order valence-corrected chi connectivity index (χ3v) is 3.62. The van der Waals surface area contributed by atoms with Crippen molar-refractivity contribution in [2.45, 2.75) is 13.0 Å². The molecule has 0 aliphatic rings. The van der Waals surface area contributed by atoms with Gasteiger partial charge in [0.05, 0.1) is 29.1 Å². The molecule has 1 unspecified atom stereocenters. The van der Waals surface area contributed by atoms with E-state index < -0.39 is 6.10 Å². The molecule has 102 valence electrons. The lowest BCUT2D eigenvalue weighted by Crippen LogP contribution is -2.11. The fraction of sp³-hybridized carbons (Fsp3) is 0.154. The fourth-order valence-electron chi connectivity index (χ4n) is 1.81. The Hall–Kier alpha value is -2.25. The number of amides is 1. The molecule has 0 bridgehead atoms. The summed E-state index contributed by atoms with van der Waals surface area (Å²) in [6.45, 7) is 1.63. The highest BCUT2D eigenvalue weighted by atomic mass is 32.1. The third kappa shape index (κ3) is 2.28. The minimum absolute atomic E-state index is 0.266. The zero-order valence-electron chi connectivity index (χ0n) is 10.6. The minimum atomic E-state index is -0.645. The first-order valence-corrected chi connectivity index (χ1v) is 6.90. The topological polar surface area (TPSA) is 79.5 Å². The van der Waals surface area contributed by atoms with Crippen molar-refractivity contribution in [3.05, 3.63) is 47.2 Å². The average molecular weight is 288 g/mol. The first-order valence-electron chi connectivity index (χ1n) is 6.02. The SMILES string of the molecule is CC(O)c1csc(NC(=O)c2cnn3ccccc23)n1. The molecule has 0 fully saturated rings. The van der Waals surface area contributed by atoms with E-state index in [2.05, 4.69) is 15.4 Å². The largest absolute Gasteiger partial charge is 0.387 e. The van der Waals surface area contributed by atoms with Crippen molar-refractivity contribution in [1.82, 2.24) is 14.6 Å². The number of nitrogens with zero attached hydrogens (tertiary/aromatic N) is 3. The van der Waals surface area contributed by atoms with Gasteiger partial charge < -0.3 is 5.11 Å². The summed E-state index contributed by atoms with van der Waals surface area (Å²) >= 11 is 1.28. The number of aliphatic hydroxyl groups excluding tert-OH is 1. The maximum atomic E-state index is 12.2. The summed E-state index contributed by atoms with van der Waals surface area (Å²) in [7, 11) is 0. The number of fused-ring (bicyclic) bond motifs is 1. The van der Waals surface area contributed by atoms with E-state index in [0.717, 1.165) is 5.52 Å². The molecule has 6 nitrogen and oxygen atoms in total. The van der Waals surface area contributed by atoms with Crippen molar-refractivity contribution in [1.29, 1.82) is 0 Å². The van der Waals surface area contributed by atoms with Gasteiger partial charge in [-0.3, -0.25) is 10.1 Å². The van der Waals surface area contributed by atoms with Crippen molar-refractivity contribution in [3.63, 3.8) is 0 Å². The molecule has 3 aromatic heterocycles. The molecular formula is C13H12N4O2S. The van der Waals surface area contributed by atoms with Crippen LogP contribution >= 0.6 is 11.3 Å². The van der Waals surface area contributed by atoms with E-state index in [-0.39, 0.29) is 5.91 Å². The van der Waals surface area contributed by atoms with Crippen LogP contribution in [0.3, 0.4) is 0 Å². The number of pyridine rings is 1. The summed E-state index contributed by atoms with van der Waals surface area (Å²) in [6.07, 6.45) is 2.66. The number of hydrogen-bond acceptors (Lipinski definition) is 5. The normalized spacial score (nSPS) is 12.5. The van der Waals surface area contributed by atoms with Gasteiger partial charge in [-0.2, -0.15) is 5.10 Å². The number of hydrogen-bond donors (Lipinski definition) is 2. The second-order valence-corrected chi connectivity index (χ2v) is 5.15. The standard InChI is InChI=1S/C13H12N4O2S/c1-8(18)10-7-20-13(15-10)16-12(19)9-6-14-17-5-3-2-4-11(9)17/h2-8,18H,1H3,(H,15,16,19). The number of nitrogens with one attached hydrogen (secondary N) is 1.